The molecule has 0 unspecified atom stereocenters. The Morgan fingerprint density at radius 3 is 1.88 bits per heavy atom. The second-order valence-electron chi connectivity index (χ2n) is 6.66. The summed E-state index contributed by atoms with van der Waals surface area (Å²) in [7, 11) is -6.62. The van der Waals surface area contributed by atoms with Crippen LogP contribution in [0.25, 0.3) is 0 Å². The maximum Gasteiger partial charge on any atom is 0.252 e. The van der Waals surface area contributed by atoms with E-state index in [0.29, 0.717) is 56.2 Å². The molecule has 3 rings (SSSR count). The van der Waals surface area contributed by atoms with Crippen LogP contribution >= 0.6 is 22.9 Å². The van der Waals surface area contributed by atoms with Crippen molar-refractivity contribution in [2.24, 2.45) is 0 Å². The van der Waals surface area contributed by atoms with Crippen LogP contribution < -0.4 is 0 Å². The lowest BCUT2D eigenvalue weighted by Crippen LogP contribution is -2.44. The zero-order valence-electron chi connectivity index (χ0n) is 14.5. The number of sulfonamides is 2. The minimum Gasteiger partial charge on any atom is -0.375 e. The second-order valence-corrected chi connectivity index (χ2v) is 12.5. The molecule has 0 N–H and O–H groups in total. The van der Waals surface area contributed by atoms with Crippen LogP contribution in [0.3, 0.4) is 0 Å². The van der Waals surface area contributed by atoms with E-state index in [1.807, 2.05) is 0 Å². The van der Waals surface area contributed by atoms with Gasteiger partial charge in [-0.05, 0) is 37.8 Å². The zero-order valence-corrected chi connectivity index (χ0v) is 17.7. The quantitative estimate of drug-likeness (QED) is 0.696. The molecule has 2 aliphatic heterocycles. The van der Waals surface area contributed by atoms with Gasteiger partial charge in [-0.1, -0.05) is 11.6 Å². The van der Waals surface area contributed by atoms with Gasteiger partial charge in [-0.3, -0.25) is 0 Å². The highest BCUT2D eigenvalue weighted by atomic mass is 35.5. The molecule has 26 heavy (non-hydrogen) atoms. The summed E-state index contributed by atoms with van der Waals surface area (Å²) in [6, 6.07) is 3.14. The van der Waals surface area contributed by atoms with Crippen molar-refractivity contribution in [3.8, 4) is 0 Å². The van der Waals surface area contributed by atoms with Crippen molar-refractivity contribution < 1.29 is 21.6 Å². The number of hydrogen-bond donors (Lipinski definition) is 0. The van der Waals surface area contributed by atoms with Crippen molar-refractivity contribution in [3.05, 3.63) is 16.5 Å². The molecule has 3 heterocycles. The summed E-state index contributed by atoms with van der Waals surface area (Å²) in [5.74, 6) is 0. The van der Waals surface area contributed by atoms with Crippen molar-refractivity contribution in [2.75, 3.05) is 32.4 Å². The van der Waals surface area contributed by atoms with E-state index in [0.717, 1.165) is 11.3 Å². The van der Waals surface area contributed by atoms with E-state index in [1.54, 1.807) is 12.1 Å². The van der Waals surface area contributed by atoms with Gasteiger partial charge < -0.3 is 4.74 Å². The first-order valence-electron chi connectivity index (χ1n) is 8.52. The van der Waals surface area contributed by atoms with Crippen LogP contribution in [0.15, 0.2) is 16.3 Å². The molecule has 0 spiro atoms. The molecule has 0 saturated carbocycles. The molecule has 0 aromatic carbocycles. The molecule has 2 fully saturated rings. The van der Waals surface area contributed by atoms with Gasteiger partial charge in [0.25, 0.3) is 10.0 Å². The summed E-state index contributed by atoms with van der Waals surface area (Å²) < 4.78 is 58.1. The fraction of sp³-hybridized carbons (Fsp3) is 0.733. The zero-order chi connectivity index (χ0) is 18.9. The van der Waals surface area contributed by atoms with Gasteiger partial charge in [0, 0.05) is 26.2 Å². The van der Waals surface area contributed by atoms with Gasteiger partial charge in [-0.2, -0.15) is 4.31 Å². The Labute approximate surface area is 164 Å². The normalized spacial score (nSPS) is 22.7. The van der Waals surface area contributed by atoms with Crippen LogP contribution in [0.4, 0.5) is 0 Å². The first-order valence-corrected chi connectivity index (χ1v) is 13.0. The summed E-state index contributed by atoms with van der Waals surface area (Å²) >= 11 is 6.92. The van der Waals surface area contributed by atoms with Gasteiger partial charge in [-0.15, -0.1) is 11.3 Å². The first-order chi connectivity index (χ1) is 12.2. The predicted molar refractivity (Wildman–Crippen MR) is 102 cm³/mol. The predicted octanol–water partition coefficient (Wildman–Crippen LogP) is 2.00. The first kappa shape index (κ1) is 20.5. The van der Waals surface area contributed by atoms with Crippen LogP contribution in [0.1, 0.15) is 25.7 Å². The van der Waals surface area contributed by atoms with E-state index in [9.17, 15) is 16.8 Å². The van der Waals surface area contributed by atoms with Crippen LogP contribution in [0, 0.1) is 0 Å². The molecule has 2 aliphatic rings. The van der Waals surface area contributed by atoms with Gasteiger partial charge in [0.1, 0.15) is 4.21 Å². The molecule has 0 atom stereocenters. The Hall–Kier alpha value is -0.230. The summed E-state index contributed by atoms with van der Waals surface area (Å²) in [5, 5.41) is 0. The molecular formula is C15H23ClN2O5S3. The standard InChI is InChI=1S/C15H23ClN2O5S3/c1-25(19,20)17-8-4-12(5-9-17)23-13-6-10-18(11-7-13)26(21,22)15-3-2-14(16)24-15/h2-3,12-13H,4-11H2,1H3. The van der Waals surface area contributed by atoms with Crippen LogP contribution in [0.5, 0.6) is 0 Å². The molecule has 148 valence electrons. The Morgan fingerprint density at radius 1 is 0.962 bits per heavy atom. The van der Waals surface area contributed by atoms with E-state index in [-0.39, 0.29) is 16.4 Å². The van der Waals surface area contributed by atoms with E-state index >= 15 is 0 Å². The lowest BCUT2D eigenvalue weighted by atomic mass is 10.1. The third kappa shape index (κ3) is 4.78. The van der Waals surface area contributed by atoms with Crippen molar-refractivity contribution in [1.82, 2.24) is 8.61 Å². The molecule has 0 bridgehead atoms. The lowest BCUT2D eigenvalue weighted by Gasteiger charge is -2.36. The number of nitrogens with zero attached hydrogens (tertiary/aromatic N) is 2. The van der Waals surface area contributed by atoms with Crippen LogP contribution in [-0.2, 0) is 24.8 Å². The minimum absolute atomic E-state index is 0.0168. The molecule has 1 aromatic heterocycles. The number of thiophene rings is 1. The number of halogens is 1. The third-order valence-corrected chi connectivity index (χ3v) is 9.70. The van der Waals surface area contributed by atoms with E-state index < -0.39 is 20.0 Å². The average molecular weight is 443 g/mol. The van der Waals surface area contributed by atoms with E-state index in [2.05, 4.69) is 0 Å². The highest BCUT2D eigenvalue weighted by Crippen LogP contribution is 2.30. The summed E-state index contributed by atoms with van der Waals surface area (Å²) in [6.45, 7) is 1.81. The second kappa shape index (κ2) is 8.02. The van der Waals surface area contributed by atoms with Crippen molar-refractivity contribution in [3.63, 3.8) is 0 Å². The fourth-order valence-corrected chi connectivity index (χ4v) is 7.33. The number of piperidine rings is 2. The van der Waals surface area contributed by atoms with Crippen LogP contribution in [0.2, 0.25) is 4.34 Å². The largest absolute Gasteiger partial charge is 0.375 e. The molecular weight excluding hydrogens is 420 g/mol. The van der Waals surface area contributed by atoms with Crippen molar-refractivity contribution >= 4 is 43.0 Å². The number of ether oxygens (including phenoxy) is 1. The van der Waals surface area contributed by atoms with E-state index in [4.69, 9.17) is 16.3 Å². The smallest absolute Gasteiger partial charge is 0.252 e. The molecule has 0 amide bonds. The van der Waals surface area contributed by atoms with Gasteiger partial charge in [-0.25, -0.2) is 21.1 Å². The molecule has 7 nitrogen and oxygen atoms in total. The maximum absolute atomic E-state index is 12.6. The fourth-order valence-electron chi connectivity index (χ4n) is 3.34. The SMILES string of the molecule is CS(=O)(=O)N1CCC(OC2CCN(S(=O)(=O)c3ccc(Cl)s3)CC2)CC1. The van der Waals surface area contributed by atoms with Gasteiger partial charge in [0.2, 0.25) is 10.0 Å². The van der Waals surface area contributed by atoms with Gasteiger partial charge >= 0.3 is 0 Å². The van der Waals surface area contributed by atoms with E-state index in [1.165, 1.54) is 14.9 Å². The van der Waals surface area contributed by atoms with Crippen molar-refractivity contribution in [2.45, 2.75) is 42.1 Å². The summed E-state index contributed by atoms with van der Waals surface area (Å²) in [6.07, 6.45) is 3.93. The number of rotatable bonds is 5. The average Bonchev–Trinajstić information content (AvgIpc) is 3.02. The Balaban J connectivity index is 1.49. The highest BCUT2D eigenvalue weighted by molar-refractivity contribution is 7.91. The van der Waals surface area contributed by atoms with Gasteiger partial charge in [0.15, 0.2) is 0 Å². The molecule has 0 aliphatic carbocycles. The van der Waals surface area contributed by atoms with Crippen molar-refractivity contribution in [1.29, 1.82) is 0 Å². The number of hydrogen-bond acceptors (Lipinski definition) is 6. The molecule has 1 aromatic rings. The Morgan fingerprint density at radius 2 is 1.46 bits per heavy atom. The topological polar surface area (TPSA) is 84.0 Å². The monoisotopic (exact) mass is 442 g/mol. The minimum atomic E-state index is -3.48. The maximum atomic E-state index is 12.6. The van der Waals surface area contributed by atoms with Crippen LogP contribution in [-0.4, -0.2) is 70.1 Å². The van der Waals surface area contributed by atoms with Gasteiger partial charge in [0.05, 0.1) is 22.8 Å². The molecule has 11 heteroatoms. The Bertz CT molecular complexity index is 823. The molecule has 2 saturated heterocycles. The highest BCUT2D eigenvalue weighted by Gasteiger charge is 2.33. The lowest BCUT2D eigenvalue weighted by molar-refractivity contribution is -0.0519. The summed E-state index contributed by atoms with van der Waals surface area (Å²) in [4.78, 5) is 0. The third-order valence-electron chi connectivity index (χ3n) is 4.80. The molecule has 0 radical (unpaired) electrons. The Kier molecular flexibility index (Phi) is 6.33. The summed E-state index contributed by atoms with van der Waals surface area (Å²) in [5.41, 5.74) is 0.